The van der Waals surface area contributed by atoms with Crippen molar-refractivity contribution in [1.29, 1.82) is 0 Å². The van der Waals surface area contributed by atoms with Gasteiger partial charge in [0.1, 0.15) is 0 Å². The molecule has 0 fully saturated rings. The Kier molecular flexibility index (Phi) is 5.68. The van der Waals surface area contributed by atoms with Crippen molar-refractivity contribution < 1.29 is 21.1 Å². The van der Waals surface area contributed by atoms with Crippen LogP contribution in [0.2, 0.25) is 0 Å². The SMILES string of the molecule is CC[C-](CC)C1=CC=CC1.[Pt]. The molecule has 0 atom stereocenters. The van der Waals surface area contributed by atoms with Gasteiger partial charge in [-0.3, -0.25) is 0 Å². The van der Waals surface area contributed by atoms with Crippen molar-refractivity contribution in [2.45, 2.75) is 33.1 Å². The van der Waals surface area contributed by atoms with Crippen LogP contribution in [0.5, 0.6) is 0 Å². The fourth-order valence-corrected chi connectivity index (χ4v) is 1.41. The second kappa shape index (κ2) is 5.66. The Hall–Kier alpha value is 0.0383. The van der Waals surface area contributed by atoms with E-state index in [4.69, 9.17) is 0 Å². The molecule has 0 aliphatic heterocycles. The zero-order valence-electron chi connectivity index (χ0n) is 7.17. The van der Waals surface area contributed by atoms with Gasteiger partial charge in [-0.1, -0.05) is 13.8 Å². The maximum atomic E-state index is 2.24. The van der Waals surface area contributed by atoms with Gasteiger partial charge in [-0.25, -0.2) is 17.6 Å². The molecule has 0 saturated carbocycles. The molecule has 1 heteroatoms. The maximum absolute atomic E-state index is 2.24. The molecule has 0 radical (unpaired) electrons. The van der Waals surface area contributed by atoms with Crippen molar-refractivity contribution in [3.63, 3.8) is 0 Å². The zero-order valence-corrected chi connectivity index (χ0v) is 9.44. The van der Waals surface area contributed by atoms with Gasteiger partial charge in [-0.05, 0) is 6.42 Å². The quantitative estimate of drug-likeness (QED) is 0.697. The molecule has 1 aliphatic carbocycles. The Bertz CT molecular complexity index is 152. The summed E-state index contributed by atoms with van der Waals surface area (Å²) < 4.78 is 0. The van der Waals surface area contributed by atoms with Crippen LogP contribution in [0.1, 0.15) is 33.1 Å². The summed E-state index contributed by atoms with van der Waals surface area (Å²) in [5, 5.41) is 0. The van der Waals surface area contributed by atoms with Gasteiger partial charge < -0.3 is 0 Å². The van der Waals surface area contributed by atoms with E-state index in [1.165, 1.54) is 12.8 Å². The van der Waals surface area contributed by atoms with E-state index in [9.17, 15) is 0 Å². The second-order valence-electron chi connectivity index (χ2n) is 2.63. The van der Waals surface area contributed by atoms with Gasteiger partial charge in [0.2, 0.25) is 0 Å². The largest absolute Gasteiger partial charge is 0.213 e. The third-order valence-electron chi connectivity index (χ3n) is 2.08. The van der Waals surface area contributed by atoms with Crippen LogP contribution in [0.15, 0.2) is 23.8 Å². The molecule has 0 aromatic carbocycles. The van der Waals surface area contributed by atoms with Gasteiger partial charge >= 0.3 is 0 Å². The van der Waals surface area contributed by atoms with E-state index in [1.54, 1.807) is 11.5 Å². The molecule has 1 rings (SSSR count). The zero-order chi connectivity index (χ0) is 7.40. The summed E-state index contributed by atoms with van der Waals surface area (Å²) >= 11 is 0. The Morgan fingerprint density at radius 1 is 1.36 bits per heavy atom. The summed E-state index contributed by atoms with van der Waals surface area (Å²) in [5.41, 5.74) is 1.55. The minimum atomic E-state index is 0. The van der Waals surface area contributed by atoms with Crippen molar-refractivity contribution >= 4 is 0 Å². The van der Waals surface area contributed by atoms with Crippen LogP contribution >= 0.6 is 0 Å². The molecular formula is C10H15Pt-. The molecule has 0 heterocycles. The Labute approximate surface area is 84.0 Å². The molecule has 0 aromatic rings. The minimum Gasteiger partial charge on any atom is -0.213 e. The van der Waals surface area contributed by atoms with Crippen molar-refractivity contribution in [2.75, 3.05) is 0 Å². The third-order valence-corrected chi connectivity index (χ3v) is 2.08. The van der Waals surface area contributed by atoms with Gasteiger partial charge in [-0.2, -0.15) is 0 Å². The fourth-order valence-electron chi connectivity index (χ4n) is 1.41. The van der Waals surface area contributed by atoms with Crippen molar-refractivity contribution in [1.82, 2.24) is 0 Å². The van der Waals surface area contributed by atoms with E-state index in [0.29, 0.717) is 0 Å². The Balaban J connectivity index is 0.000001000. The van der Waals surface area contributed by atoms with Crippen LogP contribution in [0.3, 0.4) is 0 Å². The normalized spacial score (nSPS) is 14.2. The van der Waals surface area contributed by atoms with Crippen LogP contribution < -0.4 is 0 Å². The first kappa shape index (κ1) is 11.0. The van der Waals surface area contributed by atoms with E-state index in [0.717, 1.165) is 6.42 Å². The van der Waals surface area contributed by atoms with Crippen molar-refractivity contribution in [2.24, 2.45) is 0 Å². The standard InChI is InChI=1S/C10H15.Pt/c1-3-9(4-2)10-7-5-6-8-10;/h5-7H,3-4,8H2,1-2H3;/q-1;. The van der Waals surface area contributed by atoms with Crippen LogP contribution in [-0.4, -0.2) is 0 Å². The van der Waals surface area contributed by atoms with Gasteiger partial charge in [-0.15, -0.1) is 25.0 Å². The van der Waals surface area contributed by atoms with Gasteiger partial charge in [0.25, 0.3) is 0 Å². The first-order valence-corrected chi connectivity index (χ1v) is 4.09. The molecule has 66 valence electrons. The molecule has 0 saturated heterocycles. The molecule has 0 bridgehead atoms. The van der Waals surface area contributed by atoms with Crippen LogP contribution in [-0.2, 0) is 21.1 Å². The summed E-state index contributed by atoms with van der Waals surface area (Å²) in [6.07, 6.45) is 10.2. The molecule has 0 N–H and O–H groups in total. The monoisotopic (exact) mass is 330 g/mol. The van der Waals surface area contributed by atoms with E-state index in [1.807, 2.05) is 0 Å². The molecule has 11 heavy (non-hydrogen) atoms. The maximum Gasteiger partial charge on any atom is 0 e. The molecular weight excluding hydrogens is 315 g/mol. The predicted molar refractivity (Wildman–Crippen MR) is 45.7 cm³/mol. The molecule has 0 amide bonds. The van der Waals surface area contributed by atoms with E-state index < -0.39 is 0 Å². The molecule has 0 aromatic heterocycles. The number of rotatable bonds is 3. The molecule has 1 aliphatic rings. The Morgan fingerprint density at radius 3 is 2.36 bits per heavy atom. The summed E-state index contributed by atoms with van der Waals surface area (Å²) in [5.74, 6) is 1.62. The summed E-state index contributed by atoms with van der Waals surface area (Å²) in [6, 6.07) is 0. The first-order valence-electron chi connectivity index (χ1n) is 4.09. The minimum absolute atomic E-state index is 0. The average Bonchev–Trinajstić information content (AvgIpc) is 2.43. The average molecular weight is 330 g/mol. The van der Waals surface area contributed by atoms with Crippen LogP contribution in [0, 0.1) is 5.92 Å². The summed E-state index contributed by atoms with van der Waals surface area (Å²) in [4.78, 5) is 0. The van der Waals surface area contributed by atoms with Crippen LogP contribution in [0.4, 0.5) is 0 Å². The van der Waals surface area contributed by atoms with Crippen molar-refractivity contribution in [3.8, 4) is 0 Å². The molecule has 0 unspecified atom stereocenters. The second-order valence-corrected chi connectivity index (χ2v) is 2.63. The van der Waals surface area contributed by atoms with Gasteiger partial charge in [0, 0.05) is 21.1 Å². The summed E-state index contributed by atoms with van der Waals surface area (Å²) in [6.45, 7) is 4.47. The van der Waals surface area contributed by atoms with Gasteiger partial charge in [0.15, 0.2) is 0 Å². The van der Waals surface area contributed by atoms with Gasteiger partial charge in [0.05, 0.1) is 0 Å². The van der Waals surface area contributed by atoms with E-state index in [-0.39, 0.29) is 21.1 Å². The predicted octanol–water partition coefficient (Wildman–Crippen LogP) is 3.26. The number of hydrogen-bond acceptors (Lipinski definition) is 0. The van der Waals surface area contributed by atoms with Crippen LogP contribution in [0.25, 0.3) is 0 Å². The fraction of sp³-hybridized carbons (Fsp3) is 0.500. The number of allylic oxidation sites excluding steroid dienone is 4. The number of hydrogen-bond donors (Lipinski definition) is 0. The van der Waals surface area contributed by atoms with E-state index >= 15 is 0 Å². The smallest absolute Gasteiger partial charge is 0 e. The van der Waals surface area contributed by atoms with E-state index in [2.05, 4.69) is 32.1 Å². The third kappa shape index (κ3) is 2.87. The molecule has 0 nitrogen and oxygen atoms in total. The summed E-state index contributed by atoms with van der Waals surface area (Å²) in [7, 11) is 0. The Morgan fingerprint density at radius 2 is 2.00 bits per heavy atom. The molecule has 0 spiro atoms. The van der Waals surface area contributed by atoms with Crippen molar-refractivity contribution in [3.05, 3.63) is 29.7 Å². The topological polar surface area (TPSA) is 0 Å². The first-order chi connectivity index (χ1) is 4.88.